The number of carbonyl (C=O) groups excluding carboxylic acids is 2. The van der Waals surface area contributed by atoms with Crippen LogP contribution >= 0.6 is 0 Å². The molecule has 30 heavy (non-hydrogen) atoms. The molecule has 0 aliphatic carbocycles. The number of rotatable bonds is 6. The fourth-order valence-corrected chi connectivity index (χ4v) is 4.38. The predicted molar refractivity (Wildman–Crippen MR) is 118 cm³/mol. The van der Waals surface area contributed by atoms with Crippen molar-refractivity contribution in [1.29, 1.82) is 0 Å². The summed E-state index contributed by atoms with van der Waals surface area (Å²) in [6.07, 6.45) is 2.31. The second-order valence-corrected chi connectivity index (χ2v) is 7.62. The van der Waals surface area contributed by atoms with Gasteiger partial charge in [0.2, 0.25) is 11.8 Å². The molecule has 156 valence electrons. The van der Waals surface area contributed by atoms with Gasteiger partial charge in [-0.2, -0.15) is 0 Å². The number of hydrogen-bond donors (Lipinski definition) is 0. The molecule has 6 nitrogen and oxygen atoms in total. The van der Waals surface area contributed by atoms with Gasteiger partial charge in [0.25, 0.3) is 0 Å². The monoisotopic (exact) mass is 404 g/mol. The van der Waals surface area contributed by atoms with Crippen molar-refractivity contribution in [2.45, 2.75) is 45.7 Å². The van der Waals surface area contributed by atoms with E-state index >= 15 is 0 Å². The number of imidazole rings is 1. The number of benzene rings is 2. The van der Waals surface area contributed by atoms with E-state index in [2.05, 4.69) is 0 Å². The molecular formula is C24H28N4O2. The molecule has 0 spiro atoms. The number of fused-ring (bicyclic) bond motifs is 1. The first-order valence-corrected chi connectivity index (χ1v) is 10.7. The average molecular weight is 405 g/mol. The number of likely N-dealkylation sites (N-methyl/N-ethyl adjacent to an activating group) is 1. The van der Waals surface area contributed by atoms with Gasteiger partial charge >= 0.3 is 0 Å². The third kappa shape index (κ3) is 3.70. The first kappa shape index (κ1) is 20.1. The minimum atomic E-state index is -0.0792. The van der Waals surface area contributed by atoms with Crippen molar-refractivity contribution in [2.24, 2.45) is 0 Å². The Labute approximate surface area is 177 Å². The molecule has 3 aromatic rings. The van der Waals surface area contributed by atoms with Crippen molar-refractivity contribution in [2.75, 3.05) is 18.0 Å². The van der Waals surface area contributed by atoms with E-state index in [4.69, 9.17) is 4.98 Å². The van der Waals surface area contributed by atoms with E-state index in [0.717, 1.165) is 41.9 Å². The Morgan fingerprint density at radius 2 is 1.80 bits per heavy atom. The van der Waals surface area contributed by atoms with Gasteiger partial charge in [-0.25, -0.2) is 4.98 Å². The molecule has 0 bridgehead atoms. The van der Waals surface area contributed by atoms with Gasteiger partial charge in [-0.1, -0.05) is 37.3 Å². The van der Waals surface area contributed by atoms with Crippen molar-refractivity contribution in [3.63, 3.8) is 0 Å². The van der Waals surface area contributed by atoms with Crippen LogP contribution in [-0.2, 0) is 16.1 Å². The van der Waals surface area contributed by atoms with Gasteiger partial charge < -0.3 is 14.4 Å². The first-order chi connectivity index (χ1) is 14.6. The lowest BCUT2D eigenvalue weighted by Crippen LogP contribution is -2.35. The molecule has 2 heterocycles. The van der Waals surface area contributed by atoms with Gasteiger partial charge in [-0.05, 0) is 44.0 Å². The molecule has 0 radical (unpaired) electrons. The van der Waals surface area contributed by atoms with Crippen LogP contribution in [0.5, 0.6) is 0 Å². The van der Waals surface area contributed by atoms with Crippen LogP contribution in [0.3, 0.4) is 0 Å². The fourth-order valence-electron chi connectivity index (χ4n) is 4.38. The largest absolute Gasteiger partial charge is 0.333 e. The van der Waals surface area contributed by atoms with Crippen LogP contribution in [0.2, 0.25) is 0 Å². The highest BCUT2D eigenvalue weighted by Gasteiger charge is 2.33. The van der Waals surface area contributed by atoms with Gasteiger partial charge in [-0.3, -0.25) is 9.59 Å². The summed E-state index contributed by atoms with van der Waals surface area (Å²) in [4.78, 5) is 34.4. The van der Waals surface area contributed by atoms with Gasteiger partial charge in [0.1, 0.15) is 12.4 Å². The lowest BCUT2D eigenvalue weighted by molar-refractivity contribution is -0.131. The third-order valence-corrected chi connectivity index (χ3v) is 5.84. The van der Waals surface area contributed by atoms with Gasteiger partial charge in [0, 0.05) is 25.2 Å². The molecule has 4 rings (SSSR count). The molecule has 1 aliphatic heterocycles. The molecule has 1 atom stereocenters. The number of anilines is 1. The summed E-state index contributed by atoms with van der Waals surface area (Å²) in [5.74, 6) is 0.967. The minimum absolute atomic E-state index is 0.0134. The second kappa shape index (κ2) is 8.69. The van der Waals surface area contributed by atoms with Crippen LogP contribution in [0.4, 0.5) is 5.69 Å². The Kier molecular flexibility index (Phi) is 5.84. The van der Waals surface area contributed by atoms with E-state index in [1.165, 1.54) is 0 Å². The lowest BCUT2D eigenvalue weighted by atomic mass is 10.2. The van der Waals surface area contributed by atoms with Crippen LogP contribution < -0.4 is 4.90 Å². The topological polar surface area (TPSA) is 58.4 Å². The summed E-state index contributed by atoms with van der Waals surface area (Å²) >= 11 is 0. The van der Waals surface area contributed by atoms with Crippen LogP contribution in [0.1, 0.15) is 45.0 Å². The maximum atomic E-state index is 13.3. The molecule has 2 aromatic carbocycles. The van der Waals surface area contributed by atoms with Crippen LogP contribution in [-0.4, -0.2) is 39.4 Å². The SMILES string of the molecule is CCC(=O)N1CCC[C@H]1c1nc2ccccc2n1CC(=O)N(CC)c1ccccc1. The standard InChI is InChI=1S/C24H28N4O2/c1-3-22(29)27-16-10-15-21(27)24-25-19-13-8-9-14-20(19)28(24)17-23(30)26(4-2)18-11-6-5-7-12-18/h5-9,11-14,21H,3-4,10,15-17H2,1-2H3/t21-/m0/s1. The second-order valence-electron chi connectivity index (χ2n) is 7.62. The average Bonchev–Trinajstić information content (AvgIpc) is 3.39. The summed E-state index contributed by atoms with van der Waals surface area (Å²) in [6.45, 7) is 5.41. The normalized spacial score (nSPS) is 16.2. The number of aromatic nitrogens is 2. The number of hydrogen-bond acceptors (Lipinski definition) is 3. The summed E-state index contributed by atoms with van der Waals surface area (Å²) in [6, 6.07) is 17.5. The predicted octanol–water partition coefficient (Wildman–Crippen LogP) is 4.16. The van der Waals surface area contributed by atoms with E-state index in [1.54, 1.807) is 4.90 Å². The Bertz CT molecular complexity index is 1040. The van der Waals surface area contributed by atoms with Gasteiger partial charge in [0.05, 0.1) is 17.1 Å². The fraction of sp³-hybridized carbons (Fsp3) is 0.375. The van der Waals surface area contributed by atoms with E-state index in [0.29, 0.717) is 13.0 Å². The van der Waals surface area contributed by atoms with E-state index in [1.807, 2.05) is 77.9 Å². The number of carbonyl (C=O) groups is 2. The Morgan fingerprint density at radius 3 is 2.53 bits per heavy atom. The van der Waals surface area contributed by atoms with E-state index in [-0.39, 0.29) is 24.4 Å². The molecule has 6 heteroatoms. The molecule has 1 aromatic heterocycles. The van der Waals surface area contributed by atoms with Crippen molar-refractivity contribution < 1.29 is 9.59 Å². The maximum Gasteiger partial charge on any atom is 0.246 e. The van der Waals surface area contributed by atoms with Crippen molar-refractivity contribution in [3.05, 3.63) is 60.4 Å². The van der Waals surface area contributed by atoms with Crippen molar-refractivity contribution in [3.8, 4) is 0 Å². The molecule has 1 saturated heterocycles. The Balaban J connectivity index is 1.72. The van der Waals surface area contributed by atoms with E-state index in [9.17, 15) is 9.59 Å². The highest BCUT2D eigenvalue weighted by molar-refractivity contribution is 5.94. The highest BCUT2D eigenvalue weighted by Crippen LogP contribution is 2.34. The van der Waals surface area contributed by atoms with Gasteiger partial charge in [0.15, 0.2) is 0 Å². The number of amides is 2. The maximum absolute atomic E-state index is 13.3. The molecule has 0 N–H and O–H groups in total. The molecule has 0 saturated carbocycles. The Hall–Kier alpha value is -3.15. The summed E-state index contributed by atoms with van der Waals surface area (Å²) in [5, 5.41) is 0. The lowest BCUT2D eigenvalue weighted by Gasteiger charge is -2.26. The zero-order valence-electron chi connectivity index (χ0n) is 17.6. The highest BCUT2D eigenvalue weighted by atomic mass is 16.2. The van der Waals surface area contributed by atoms with E-state index < -0.39 is 0 Å². The number of likely N-dealkylation sites (tertiary alicyclic amines) is 1. The van der Waals surface area contributed by atoms with Crippen molar-refractivity contribution in [1.82, 2.24) is 14.5 Å². The quantitative estimate of drug-likeness (QED) is 0.620. The smallest absolute Gasteiger partial charge is 0.246 e. The zero-order chi connectivity index (χ0) is 21.1. The number of para-hydroxylation sites is 3. The summed E-state index contributed by atoms with van der Waals surface area (Å²) < 4.78 is 2.01. The Morgan fingerprint density at radius 1 is 1.07 bits per heavy atom. The third-order valence-electron chi connectivity index (χ3n) is 5.84. The molecule has 0 unspecified atom stereocenters. The van der Waals surface area contributed by atoms with Crippen LogP contribution in [0, 0.1) is 0 Å². The molecule has 1 aliphatic rings. The van der Waals surface area contributed by atoms with Crippen LogP contribution in [0.15, 0.2) is 54.6 Å². The van der Waals surface area contributed by atoms with Crippen molar-refractivity contribution >= 4 is 28.5 Å². The van der Waals surface area contributed by atoms with Gasteiger partial charge in [-0.15, -0.1) is 0 Å². The number of nitrogens with zero attached hydrogens (tertiary/aromatic N) is 4. The first-order valence-electron chi connectivity index (χ1n) is 10.7. The summed E-state index contributed by atoms with van der Waals surface area (Å²) in [5.41, 5.74) is 2.68. The summed E-state index contributed by atoms with van der Waals surface area (Å²) in [7, 11) is 0. The molecule has 2 amide bonds. The minimum Gasteiger partial charge on any atom is -0.333 e. The van der Waals surface area contributed by atoms with Crippen LogP contribution in [0.25, 0.3) is 11.0 Å². The molecular weight excluding hydrogens is 376 g/mol. The molecule has 1 fully saturated rings. The zero-order valence-corrected chi connectivity index (χ0v) is 17.6.